The number of benzene rings is 1. The van der Waals surface area contributed by atoms with Crippen LogP contribution in [0.4, 0.5) is 5.69 Å². The van der Waals surface area contributed by atoms with Crippen molar-refractivity contribution in [1.29, 1.82) is 0 Å². The van der Waals surface area contributed by atoms with Gasteiger partial charge < -0.3 is 0 Å². The Labute approximate surface area is 78.2 Å². The van der Waals surface area contributed by atoms with Crippen molar-refractivity contribution in [3.63, 3.8) is 0 Å². The van der Waals surface area contributed by atoms with Crippen molar-refractivity contribution >= 4 is 28.9 Å². The molecule has 12 heavy (non-hydrogen) atoms. The first-order valence-electron chi connectivity index (χ1n) is 2.92. The fourth-order valence-electron chi connectivity index (χ4n) is 0.687. The van der Waals surface area contributed by atoms with E-state index in [0.717, 1.165) is 0 Å². The average molecular weight is 207 g/mol. The summed E-state index contributed by atoms with van der Waals surface area (Å²) >= 11 is 11.2. The highest BCUT2D eigenvalue weighted by molar-refractivity contribution is 6.36. The van der Waals surface area contributed by atoms with E-state index in [1.54, 1.807) is 0 Å². The lowest BCUT2D eigenvalue weighted by atomic mass is 10.3. The molecule has 1 N–H and O–H groups in total. The minimum atomic E-state index is 0.0936. The topological polar surface area (TPSA) is 52.9 Å². The molecule has 0 amide bonds. The Morgan fingerprint density at radius 3 is 2.58 bits per heavy atom. The smallest absolute Gasteiger partial charge is 0.112 e. The van der Waals surface area contributed by atoms with Crippen molar-refractivity contribution in [1.82, 2.24) is 0 Å². The van der Waals surface area contributed by atoms with Crippen molar-refractivity contribution in [3.05, 3.63) is 33.2 Å². The number of anilines is 1. The fourth-order valence-corrected chi connectivity index (χ4v) is 1.17. The molecule has 4 nitrogen and oxygen atoms in total. The fraction of sp³-hybridized carbons (Fsp3) is 0. The molecule has 0 aliphatic heterocycles. The Morgan fingerprint density at radius 2 is 2.08 bits per heavy atom. The number of nitrogens with zero attached hydrogens (tertiary/aromatic N) is 2. The molecule has 0 bridgehead atoms. The van der Waals surface area contributed by atoms with E-state index in [2.05, 4.69) is 5.29 Å². The Balaban J connectivity index is 3.09. The molecule has 0 aliphatic carbocycles. The minimum Gasteiger partial charge on any atom is -0.265 e. The van der Waals surface area contributed by atoms with Gasteiger partial charge in [-0.05, 0) is 18.2 Å². The molecule has 1 aromatic rings. The monoisotopic (exact) mass is 206 g/mol. The van der Waals surface area contributed by atoms with Gasteiger partial charge in [0.1, 0.15) is 5.69 Å². The van der Waals surface area contributed by atoms with Crippen LogP contribution in [0.3, 0.4) is 0 Å². The Morgan fingerprint density at radius 1 is 1.42 bits per heavy atom. The molecule has 0 heterocycles. The van der Waals surface area contributed by atoms with Gasteiger partial charge >= 0.3 is 0 Å². The summed E-state index contributed by atoms with van der Waals surface area (Å²) in [4.78, 5) is 9.88. The second-order valence-electron chi connectivity index (χ2n) is 1.97. The summed E-state index contributed by atoms with van der Waals surface area (Å²) in [5, 5.41) is 11.8. The molecular formula is C6H4Cl2N2O2. The van der Waals surface area contributed by atoms with Crippen molar-refractivity contribution in [2.45, 2.75) is 0 Å². The molecule has 0 radical (unpaired) electrons. The number of halogens is 2. The van der Waals surface area contributed by atoms with Crippen molar-refractivity contribution in [2.24, 2.45) is 5.29 Å². The van der Waals surface area contributed by atoms with Gasteiger partial charge in [-0.15, -0.1) is 10.1 Å². The summed E-state index contributed by atoms with van der Waals surface area (Å²) < 4.78 is 0. The van der Waals surface area contributed by atoms with Crippen LogP contribution >= 0.6 is 23.2 Å². The maximum absolute atomic E-state index is 9.88. The van der Waals surface area contributed by atoms with Crippen LogP contribution in [0.5, 0.6) is 0 Å². The first-order chi connectivity index (χ1) is 5.65. The maximum Gasteiger partial charge on any atom is 0.112 e. The van der Waals surface area contributed by atoms with Gasteiger partial charge in [-0.1, -0.05) is 23.2 Å². The van der Waals surface area contributed by atoms with Crippen LogP contribution in [0, 0.1) is 4.91 Å². The number of rotatable bonds is 2. The molecule has 0 unspecified atom stereocenters. The zero-order valence-electron chi connectivity index (χ0n) is 5.74. The molecule has 0 saturated carbocycles. The summed E-state index contributed by atoms with van der Waals surface area (Å²) in [6.45, 7) is 0. The van der Waals surface area contributed by atoms with Gasteiger partial charge in [0.2, 0.25) is 0 Å². The molecule has 0 fully saturated rings. The normalized spacial score (nSPS) is 9.58. The van der Waals surface area contributed by atoms with E-state index in [1.165, 1.54) is 18.2 Å². The Kier molecular flexibility index (Phi) is 2.86. The van der Waals surface area contributed by atoms with E-state index in [9.17, 15) is 4.91 Å². The molecule has 6 heteroatoms. The molecule has 64 valence electrons. The van der Waals surface area contributed by atoms with E-state index in [-0.39, 0.29) is 15.9 Å². The zero-order chi connectivity index (χ0) is 9.14. The van der Waals surface area contributed by atoms with Gasteiger partial charge in [-0.2, -0.15) is 0 Å². The first kappa shape index (κ1) is 9.25. The summed E-state index contributed by atoms with van der Waals surface area (Å²) in [6, 6.07) is 4.26. The zero-order valence-corrected chi connectivity index (χ0v) is 7.25. The largest absolute Gasteiger partial charge is 0.265 e. The van der Waals surface area contributed by atoms with Gasteiger partial charge in [-0.25, -0.2) is 0 Å². The predicted molar refractivity (Wildman–Crippen MR) is 46.5 cm³/mol. The van der Waals surface area contributed by atoms with E-state index < -0.39 is 0 Å². The van der Waals surface area contributed by atoms with Crippen LogP contribution in [-0.4, -0.2) is 5.21 Å². The lowest BCUT2D eigenvalue weighted by Gasteiger charge is -2.07. The van der Waals surface area contributed by atoms with E-state index in [0.29, 0.717) is 5.02 Å². The van der Waals surface area contributed by atoms with Gasteiger partial charge in [0, 0.05) is 5.02 Å². The van der Waals surface area contributed by atoms with E-state index >= 15 is 0 Å². The summed E-state index contributed by atoms with van der Waals surface area (Å²) in [6.07, 6.45) is 0. The first-order valence-corrected chi connectivity index (χ1v) is 3.68. The van der Waals surface area contributed by atoms with Gasteiger partial charge in [0.05, 0.1) is 10.3 Å². The minimum absolute atomic E-state index is 0.0936. The summed E-state index contributed by atoms with van der Waals surface area (Å²) in [5.74, 6) is 0. The maximum atomic E-state index is 9.88. The average Bonchev–Trinajstić information content (AvgIpc) is 2.03. The third kappa shape index (κ3) is 1.85. The number of hydrogen-bond acceptors (Lipinski definition) is 3. The van der Waals surface area contributed by atoms with Crippen LogP contribution in [0.1, 0.15) is 0 Å². The highest BCUT2D eigenvalue weighted by atomic mass is 35.5. The Bertz CT molecular complexity index is 306. The highest BCUT2D eigenvalue weighted by Gasteiger charge is 2.07. The Hall–Kier alpha value is -0.840. The second-order valence-corrected chi connectivity index (χ2v) is 2.81. The van der Waals surface area contributed by atoms with E-state index in [1.807, 2.05) is 0 Å². The van der Waals surface area contributed by atoms with Crippen LogP contribution in [0.25, 0.3) is 0 Å². The van der Waals surface area contributed by atoms with Crippen LogP contribution < -0.4 is 5.17 Å². The van der Waals surface area contributed by atoms with Gasteiger partial charge in [0.25, 0.3) is 0 Å². The quantitative estimate of drug-likeness (QED) is 0.599. The third-order valence-electron chi connectivity index (χ3n) is 1.20. The second kappa shape index (κ2) is 3.71. The van der Waals surface area contributed by atoms with Gasteiger partial charge in [0.15, 0.2) is 0 Å². The molecule has 1 rings (SSSR count). The van der Waals surface area contributed by atoms with Gasteiger partial charge in [-0.3, -0.25) is 5.21 Å². The molecule has 0 atom stereocenters. The highest BCUT2D eigenvalue weighted by Crippen LogP contribution is 2.27. The standard InChI is InChI=1S/C6H4Cl2N2O2/c7-4-1-2-6(5(8)3-4)10(12)9-11/h1-3,12H. The van der Waals surface area contributed by atoms with Crippen molar-refractivity contribution in [3.8, 4) is 0 Å². The predicted octanol–water partition coefficient (Wildman–Crippen LogP) is 2.87. The molecule has 1 aromatic carbocycles. The lowest BCUT2D eigenvalue weighted by Crippen LogP contribution is -2.08. The molecule has 0 aliphatic rings. The van der Waals surface area contributed by atoms with Crippen LogP contribution in [0.2, 0.25) is 10.0 Å². The van der Waals surface area contributed by atoms with Crippen molar-refractivity contribution in [2.75, 3.05) is 5.17 Å². The molecule has 0 saturated heterocycles. The SMILES string of the molecule is O=NN(O)c1ccc(Cl)cc1Cl. The van der Waals surface area contributed by atoms with Crippen LogP contribution in [-0.2, 0) is 0 Å². The number of nitroso groups, excluding NO2 is 1. The molecule has 0 spiro atoms. The summed E-state index contributed by atoms with van der Waals surface area (Å²) in [5.41, 5.74) is 0.0936. The molecule has 0 aromatic heterocycles. The van der Waals surface area contributed by atoms with Crippen molar-refractivity contribution < 1.29 is 5.21 Å². The third-order valence-corrected chi connectivity index (χ3v) is 1.74. The molecular weight excluding hydrogens is 203 g/mol. The van der Waals surface area contributed by atoms with E-state index in [4.69, 9.17) is 28.4 Å². The van der Waals surface area contributed by atoms with Crippen LogP contribution in [0.15, 0.2) is 23.5 Å². The summed E-state index contributed by atoms with van der Waals surface area (Å²) in [7, 11) is 0. The lowest BCUT2D eigenvalue weighted by molar-refractivity contribution is 0.258. The number of hydrogen-bond donors (Lipinski definition) is 1.